The minimum atomic E-state index is -0.0257. The molecule has 1 aliphatic heterocycles. The number of fused-ring (bicyclic) bond motifs is 1. The third-order valence-corrected chi connectivity index (χ3v) is 6.15. The van der Waals surface area contributed by atoms with Gasteiger partial charge in [0.25, 0.3) is 5.56 Å². The molecular weight excluding hydrogens is 348 g/mol. The van der Waals surface area contributed by atoms with Crippen LogP contribution in [-0.2, 0) is 11.3 Å². The van der Waals surface area contributed by atoms with Gasteiger partial charge < -0.3 is 5.32 Å². The van der Waals surface area contributed by atoms with Gasteiger partial charge in [-0.2, -0.15) is 0 Å². The van der Waals surface area contributed by atoms with E-state index < -0.39 is 0 Å². The standard InChI is InChI=1S/C19H28N4O2S/c1-4-5-8-20-18(25)15-7-6-13(2)22(10-15)11-16-9-17(24)23-14(3)12-26-19(23)21-16/h9,12-13,15H,4-8,10-11H2,1-3H3,(H,20,25). The van der Waals surface area contributed by atoms with Crippen LogP contribution in [0.3, 0.4) is 0 Å². The van der Waals surface area contributed by atoms with Gasteiger partial charge in [0.1, 0.15) is 0 Å². The Bertz CT molecular complexity index is 829. The molecule has 0 aromatic carbocycles. The number of unbranched alkanes of at least 4 members (excludes halogenated alkanes) is 1. The second-order valence-electron chi connectivity index (χ2n) is 7.28. The number of aromatic nitrogens is 2. The second-order valence-corrected chi connectivity index (χ2v) is 8.11. The number of piperidine rings is 1. The molecule has 1 aliphatic rings. The van der Waals surface area contributed by atoms with Crippen LogP contribution in [0.5, 0.6) is 0 Å². The number of nitrogens with one attached hydrogen (secondary N) is 1. The van der Waals surface area contributed by atoms with Crippen LogP contribution in [0.15, 0.2) is 16.2 Å². The molecule has 3 rings (SSSR count). The molecule has 0 spiro atoms. The minimum Gasteiger partial charge on any atom is -0.356 e. The molecule has 1 saturated heterocycles. The fraction of sp³-hybridized carbons (Fsp3) is 0.632. The Morgan fingerprint density at radius 3 is 3.00 bits per heavy atom. The van der Waals surface area contributed by atoms with Gasteiger partial charge in [0.05, 0.1) is 11.6 Å². The molecule has 1 fully saturated rings. The summed E-state index contributed by atoms with van der Waals surface area (Å²) in [5.41, 5.74) is 1.68. The van der Waals surface area contributed by atoms with E-state index in [0.29, 0.717) is 12.6 Å². The third-order valence-electron chi connectivity index (χ3n) is 5.21. The topological polar surface area (TPSA) is 66.7 Å². The summed E-state index contributed by atoms with van der Waals surface area (Å²) in [7, 11) is 0. The lowest BCUT2D eigenvalue weighted by Gasteiger charge is -2.37. The summed E-state index contributed by atoms with van der Waals surface area (Å²) < 4.78 is 1.65. The Morgan fingerprint density at radius 2 is 2.23 bits per heavy atom. The van der Waals surface area contributed by atoms with Crippen molar-refractivity contribution in [2.75, 3.05) is 13.1 Å². The van der Waals surface area contributed by atoms with Gasteiger partial charge in [-0.1, -0.05) is 13.3 Å². The van der Waals surface area contributed by atoms with Crippen LogP contribution in [0, 0.1) is 12.8 Å². The van der Waals surface area contributed by atoms with Crippen molar-refractivity contribution < 1.29 is 4.79 Å². The fourth-order valence-electron chi connectivity index (χ4n) is 3.54. The Labute approximate surface area is 158 Å². The summed E-state index contributed by atoms with van der Waals surface area (Å²) in [5, 5.41) is 5.01. The quantitative estimate of drug-likeness (QED) is 0.787. The number of hydrogen-bond donors (Lipinski definition) is 1. The highest BCUT2D eigenvalue weighted by molar-refractivity contribution is 7.15. The summed E-state index contributed by atoms with van der Waals surface area (Å²) in [4.78, 5) is 32.5. The van der Waals surface area contributed by atoms with E-state index in [4.69, 9.17) is 0 Å². The summed E-state index contributed by atoms with van der Waals surface area (Å²) in [6.45, 7) is 8.32. The molecule has 2 aromatic heterocycles. The highest BCUT2D eigenvalue weighted by Gasteiger charge is 2.30. The van der Waals surface area contributed by atoms with E-state index in [1.54, 1.807) is 10.5 Å². The number of amides is 1. The van der Waals surface area contributed by atoms with Crippen molar-refractivity contribution in [3.63, 3.8) is 0 Å². The predicted octanol–water partition coefficient (Wildman–Crippen LogP) is 2.58. The first-order chi connectivity index (χ1) is 12.5. The molecule has 0 radical (unpaired) electrons. The number of hydrogen-bond acceptors (Lipinski definition) is 5. The molecule has 0 bridgehead atoms. The minimum absolute atomic E-state index is 0.0249. The molecular formula is C19H28N4O2S. The zero-order chi connectivity index (χ0) is 18.7. The average Bonchev–Trinajstić information content (AvgIpc) is 2.98. The zero-order valence-electron chi connectivity index (χ0n) is 15.8. The van der Waals surface area contributed by atoms with Crippen molar-refractivity contribution >= 4 is 22.2 Å². The second kappa shape index (κ2) is 8.31. The maximum atomic E-state index is 12.4. The number of nitrogens with zero attached hydrogens (tertiary/aromatic N) is 3. The van der Waals surface area contributed by atoms with Crippen molar-refractivity contribution in [1.29, 1.82) is 0 Å². The largest absolute Gasteiger partial charge is 0.356 e. The van der Waals surface area contributed by atoms with Gasteiger partial charge in [0.2, 0.25) is 5.91 Å². The number of likely N-dealkylation sites (tertiary alicyclic amines) is 1. The number of aryl methyl sites for hydroxylation is 1. The first-order valence-electron chi connectivity index (χ1n) is 9.48. The van der Waals surface area contributed by atoms with Gasteiger partial charge in [-0.15, -0.1) is 11.3 Å². The van der Waals surface area contributed by atoms with Gasteiger partial charge in [-0.25, -0.2) is 4.98 Å². The lowest BCUT2D eigenvalue weighted by Crippen LogP contribution is -2.46. The molecule has 2 unspecified atom stereocenters. The van der Waals surface area contributed by atoms with Crippen molar-refractivity contribution in [1.82, 2.24) is 19.6 Å². The molecule has 3 heterocycles. The highest BCUT2D eigenvalue weighted by atomic mass is 32.1. The first-order valence-corrected chi connectivity index (χ1v) is 10.4. The van der Waals surface area contributed by atoms with E-state index in [0.717, 1.165) is 55.1 Å². The molecule has 6 nitrogen and oxygen atoms in total. The Balaban J connectivity index is 1.70. The van der Waals surface area contributed by atoms with Crippen LogP contribution in [0.4, 0.5) is 0 Å². The van der Waals surface area contributed by atoms with Gasteiger partial charge >= 0.3 is 0 Å². The van der Waals surface area contributed by atoms with E-state index in [2.05, 4.69) is 29.0 Å². The molecule has 26 heavy (non-hydrogen) atoms. The van der Waals surface area contributed by atoms with Crippen molar-refractivity contribution in [2.24, 2.45) is 5.92 Å². The Kier molecular flexibility index (Phi) is 6.09. The first kappa shape index (κ1) is 19.0. The lowest BCUT2D eigenvalue weighted by molar-refractivity contribution is -0.127. The summed E-state index contributed by atoms with van der Waals surface area (Å²) >= 11 is 1.49. The van der Waals surface area contributed by atoms with Crippen LogP contribution in [-0.4, -0.2) is 39.3 Å². The predicted molar refractivity (Wildman–Crippen MR) is 105 cm³/mol. The summed E-state index contributed by atoms with van der Waals surface area (Å²) in [6.07, 6.45) is 4.02. The van der Waals surface area contributed by atoms with Crippen LogP contribution < -0.4 is 10.9 Å². The zero-order valence-corrected chi connectivity index (χ0v) is 16.6. The Hall–Kier alpha value is -1.73. The van der Waals surface area contributed by atoms with E-state index in [1.807, 2.05) is 12.3 Å². The van der Waals surface area contributed by atoms with Crippen LogP contribution >= 0.6 is 11.3 Å². The van der Waals surface area contributed by atoms with Gasteiger partial charge in [0, 0.05) is 42.8 Å². The molecule has 2 atom stereocenters. The molecule has 1 amide bonds. The number of carbonyl (C=O) groups is 1. The Morgan fingerprint density at radius 1 is 1.42 bits per heavy atom. The maximum Gasteiger partial charge on any atom is 0.259 e. The third kappa shape index (κ3) is 4.15. The summed E-state index contributed by atoms with van der Waals surface area (Å²) in [6, 6.07) is 2.02. The van der Waals surface area contributed by atoms with E-state index in [-0.39, 0.29) is 17.4 Å². The molecule has 142 valence electrons. The van der Waals surface area contributed by atoms with Crippen LogP contribution in [0.25, 0.3) is 4.96 Å². The van der Waals surface area contributed by atoms with Crippen molar-refractivity contribution in [3.05, 3.63) is 33.2 Å². The van der Waals surface area contributed by atoms with Crippen molar-refractivity contribution in [3.8, 4) is 0 Å². The van der Waals surface area contributed by atoms with Gasteiger partial charge in [-0.3, -0.25) is 18.9 Å². The SMILES string of the molecule is CCCCNC(=O)C1CCC(C)N(Cc2cc(=O)n3c(C)csc3n2)C1. The van der Waals surface area contributed by atoms with E-state index >= 15 is 0 Å². The molecule has 0 aliphatic carbocycles. The van der Waals surface area contributed by atoms with E-state index in [1.165, 1.54) is 11.3 Å². The monoisotopic (exact) mass is 376 g/mol. The normalized spacial score (nSPS) is 21.2. The van der Waals surface area contributed by atoms with E-state index in [9.17, 15) is 9.59 Å². The molecule has 2 aromatic rings. The summed E-state index contributed by atoms with van der Waals surface area (Å²) in [5.74, 6) is 0.185. The number of carbonyl (C=O) groups excluding carboxylic acids is 1. The highest BCUT2D eigenvalue weighted by Crippen LogP contribution is 2.24. The van der Waals surface area contributed by atoms with Gasteiger partial charge in [-0.05, 0) is 33.1 Å². The molecule has 1 N–H and O–H groups in total. The smallest absolute Gasteiger partial charge is 0.259 e. The number of thiazole rings is 1. The fourth-order valence-corrected chi connectivity index (χ4v) is 4.43. The molecule has 0 saturated carbocycles. The van der Waals surface area contributed by atoms with Crippen molar-refractivity contribution in [2.45, 2.75) is 59.0 Å². The average molecular weight is 377 g/mol. The molecule has 7 heteroatoms. The maximum absolute atomic E-state index is 12.4. The van der Waals surface area contributed by atoms with Crippen LogP contribution in [0.2, 0.25) is 0 Å². The number of rotatable bonds is 6. The van der Waals surface area contributed by atoms with Crippen LogP contribution in [0.1, 0.15) is 50.9 Å². The van der Waals surface area contributed by atoms with Gasteiger partial charge in [0.15, 0.2) is 4.96 Å². The lowest BCUT2D eigenvalue weighted by atomic mass is 9.92.